The average Bonchev–Trinajstić information content (AvgIpc) is 2.96. The Morgan fingerprint density at radius 3 is 2.48 bits per heavy atom. The molecule has 3 rings (SSSR count). The molecule has 5 heteroatoms. The minimum atomic E-state index is -0.0949. The van der Waals surface area contributed by atoms with Gasteiger partial charge in [-0.25, -0.2) is 0 Å². The minimum absolute atomic E-state index is 0. The van der Waals surface area contributed by atoms with E-state index in [1.165, 1.54) is 5.56 Å². The fraction of sp³-hybridized carbons (Fsp3) is 0.300. The van der Waals surface area contributed by atoms with Crippen LogP contribution in [0.15, 0.2) is 59.6 Å². The van der Waals surface area contributed by atoms with E-state index in [-0.39, 0.29) is 24.4 Å². The van der Waals surface area contributed by atoms with Gasteiger partial charge in [-0.05, 0) is 24.5 Å². The normalized spacial score (nSPS) is 17.5. The number of amides is 1. The number of nitrogens with two attached hydrogens (primary N) is 1. The number of likely N-dealkylation sites (tertiary alicyclic amines) is 1. The van der Waals surface area contributed by atoms with Crippen LogP contribution in [0.5, 0.6) is 0 Å². The largest absolute Gasteiger partial charge is 0.386 e. The Bertz CT molecular complexity index is 728. The molecule has 2 aromatic carbocycles. The Morgan fingerprint density at radius 2 is 1.80 bits per heavy atom. The second-order valence-corrected chi connectivity index (χ2v) is 6.29. The number of aliphatic imine (C=N–C) groups is 1. The van der Waals surface area contributed by atoms with Gasteiger partial charge in [0.2, 0.25) is 5.91 Å². The van der Waals surface area contributed by atoms with Gasteiger partial charge in [-0.3, -0.25) is 9.79 Å². The molecule has 25 heavy (non-hydrogen) atoms. The Hall–Kier alpha value is -2.33. The van der Waals surface area contributed by atoms with Crippen LogP contribution in [-0.4, -0.2) is 22.7 Å². The average molecular weight is 358 g/mol. The summed E-state index contributed by atoms with van der Waals surface area (Å²) in [6.07, 6.45) is 1.28. The number of amidine groups is 1. The first-order valence-electron chi connectivity index (χ1n) is 8.32. The highest BCUT2D eigenvalue weighted by molar-refractivity contribution is 5.93. The van der Waals surface area contributed by atoms with Gasteiger partial charge in [0.05, 0.1) is 12.6 Å². The fourth-order valence-corrected chi connectivity index (χ4v) is 3.00. The van der Waals surface area contributed by atoms with Crippen molar-refractivity contribution in [2.45, 2.75) is 38.9 Å². The number of benzene rings is 2. The van der Waals surface area contributed by atoms with Crippen molar-refractivity contribution < 1.29 is 4.79 Å². The van der Waals surface area contributed by atoms with Crippen molar-refractivity contribution in [3.05, 3.63) is 71.3 Å². The summed E-state index contributed by atoms with van der Waals surface area (Å²) in [5.74, 6) is 0.704. The molecular formula is C20H24ClN3O. The molecule has 0 saturated carbocycles. The molecule has 0 bridgehead atoms. The predicted octanol–water partition coefficient (Wildman–Crippen LogP) is 3.47. The highest BCUT2D eigenvalue weighted by Crippen LogP contribution is 2.22. The first-order valence-corrected chi connectivity index (χ1v) is 8.32. The maximum absolute atomic E-state index is 12.3. The quantitative estimate of drug-likeness (QED) is 0.658. The molecule has 0 aliphatic carbocycles. The highest BCUT2D eigenvalue weighted by Gasteiger charge is 2.33. The maximum atomic E-state index is 12.3. The fourth-order valence-electron chi connectivity index (χ4n) is 3.00. The number of aryl methyl sites for hydroxylation is 1. The van der Waals surface area contributed by atoms with Crippen LogP contribution in [0.1, 0.15) is 29.5 Å². The Balaban J connectivity index is 0.00000225. The molecule has 1 atom stereocenters. The molecule has 1 heterocycles. The third-order valence-electron chi connectivity index (χ3n) is 4.43. The third kappa shape index (κ3) is 4.83. The van der Waals surface area contributed by atoms with Gasteiger partial charge in [-0.15, -0.1) is 12.4 Å². The molecule has 1 aliphatic rings. The van der Waals surface area contributed by atoms with E-state index in [2.05, 4.69) is 36.2 Å². The van der Waals surface area contributed by atoms with Gasteiger partial charge in [0, 0.05) is 13.0 Å². The van der Waals surface area contributed by atoms with Crippen molar-refractivity contribution in [2.24, 2.45) is 10.7 Å². The summed E-state index contributed by atoms with van der Waals surface area (Å²) in [7, 11) is 0. The summed E-state index contributed by atoms with van der Waals surface area (Å²) in [4.78, 5) is 18.6. The summed E-state index contributed by atoms with van der Waals surface area (Å²) < 4.78 is 0. The zero-order valence-corrected chi connectivity index (χ0v) is 15.2. The monoisotopic (exact) mass is 357 g/mol. The van der Waals surface area contributed by atoms with Crippen molar-refractivity contribution in [1.29, 1.82) is 0 Å². The van der Waals surface area contributed by atoms with Crippen LogP contribution >= 0.6 is 12.4 Å². The van der Waals surface area contributed by atoms with Crippen LogP contribution in [-0.2, 0) is 17.9 Å². The van der Waals surface area contributed by atoms with E-state index in [1.807, 2.05) is 35.2 Å². The molecular weight excluding hydrogens is 334 g/mol. The van der Waals surface area contributed by atoms with E-state index in [1.54, 1.807) is 0 Å². The lowest BCUT2D eigenvalue weighted by Crippen LogP contribution is -2.42. The Morgan fingerprint density at radius 1 is 1.12 bits per heavy atom. The van der Waals surface area contributed by atoms with E-state index < -0.39 is 0 Å². The summed E-state index contributed by atoms with van der Waals surface area (Å²) >= 11 is 0. The number of carbonyl (C=O) groups excluding carboxylic acids is 1. The number of halogens is 1. The molecule has 132 valence electrons. The molecule has 0 unspecified atom stereocenters. The van der Waals surface area contributed by atoms with Gasteiger partial charge >= 0.3 is 0 Å². The number of rotatable bonds is 5. The van der Waals surface area contributed by atoms with Crippen LogP contribution in [0.4, 0.5) is 0 Å². The lowest BCUT2D eigenvalue weighted by atomic mass is 10.1. The van der Waals surface area contributed by atoms with Crippen LogP contribution in [0.25, 0.3) is 0 Å². The van der Waals surface area contributed by atoms with Crippen LogP contribution in [0.2, 0.25) is 0 Å². The molecule has 1 aliphatic heterocycles. The summed E-state index contributed by atoms with van der Waals surface area (Å²) in [6, 6.07) is 18.2. The molecule has 1 fully saturated rings. The zero-order valence-electron chi connectivity index (χ0n) is 14.4. The molecule has 2 N–H and O–H groups in total. The molecule has 0 radical (unpaired) electrons. The second-order valence-electron chi connectivity index (χ2n) is 6.29. The van der Waals surface area contributed by atoms with E-state index in [0.717, 1.165) is 17.5 Å². The van der Waals surface area contributed by atoms with Gasteiger partial charge in [0.1, 0.15) is 5.84 Å². The van der Waals surface area contributed by atoms with Gasteiger partial charge in [0.25, 0.3) is 0 Å². The lowest BCUT2D eigenvalue weighted by Gasteiger charge is -2.24. The first kappa shape index (κ1) is 19.0. The lowest BCUT2D eigenvalue weighted by molar-refractivity contribution is -0.128. The number of hydrogen-bond donors (Lipinski definition) is 1. The molecule has 0 spiro atoms. The van der Waals surface area contributed by atoms with Crippen LogP contribution in [0, 0.1) is 6.92 Å². The van der Waals surface area contributed by atoms with Crippen LogP contribution in [0.3, 0.4) is 0 Å². The smallest absolute Gasteiger partial charge is 0.223 e. The first-order chi connectivity index (χ1) is 11.6. The number of hydrogen-bond acceptors (Lipinski definition) is 2. The molecule has 0 aromatic heterocycles. The molecule has 1 amide bonds. The van der Waals surface area contributed by atoms with E-state index >= 15 is 0 Å². The second kappa shape index (κ2) is 8.67. The molecule has 1 saturated heterocycles. The van der Waals surface area contributed by atoms with Crippen molar-refractivity contribution in [1.82, 2.24) is 4.90 Å². The van der Waals surface area contributed by atoms with Crippen molar-refractivity contribution in [3.63, 3.8) is 0 Å². The van der Waals surface area contributed by atoms with Crippen LogP contribution < -0.4 is 5.73 Å². The molecule has 4 nitrogen and oxygen atoms in total. The van der Waals surface area contributed by atoms with Gasteiger partial charge in [0.15, 0.2) is 0 Å². The summed E-state index contributed by atoms with van der Waals surface area (Å²) in [5, 5.41) is 0. The van der Waals surface area contributed by atoms with Gasteiger partial charge < -0.3 is 10.6 Å². The Labute approximate surface area is 155 Å². The maximum Gasteiger partial charge on any atom is 0.223 e. The van der Waals surface area contributed by atoms with Gasteiger partial charge in [-0.1, -0.05) is 60.2 Å². The molecule has 2 aromatic rings. The number of carbonyl (C=O) groups is 1. The van der Waals surface area contributed by atoms with E-state index in [9.17, 15) is 4.79 Å². The third-order valence-corrected chi connectivity index (χ3v) is 4.43. The number of nitrogens with zero attached hydrogens (tertiary/aromatic N) is 2. The Kier molecular flexibility index (Phi) is 6.59. The van der Waals surface area contributed by atoms with E-state index in [4.69, 9.17) is 5.73 Å². The SMILES string of the molecule is Cc1ccc(CN2C(=O)CC[C@H]2C(N)=NCc2ccccc2)cc1.Cl. The summed E-state index contributed by atoms with van der Waals surface area (Å²) in [5.41, 5.74) is 9.67. The standard InChI is InChI=1S/C20H23N3O.ClH/c1-15-7-9-17(10-8-15)14-23-18(11-12-19(23)24)20(21)22-13-16-5-3-2-4-6-16;/h2-10,18H,11-14H2,1H3,(H2,21,22);1H/t18-;/m0./s1. The zero-order chi connectivity index (χ0) is 16.9. The van der Waals surface area contributed by atoms with E-state index in [0.29, 0.717) is 25.3 Å². The van der Waals surface area contributed by atoms with Gasteiger partial charge in [-0.2, -0.15) is 0 Å². The minimum Gasteiger partial charge on any atom is -0.386 e. The van der Waals surface area contributed by atoms with Crippen molar-refractivity contribution in [2.75, 3.05) is 0 Å². The topological polar surface area (TPSA) is 58.7 Å². The highest BCUT2D eigenvalue weighted by atomic mass is 35.5. The van der Waals surface area contributed by atoms with Crippen molar-refractivity contribution >= 4 is 24.1 Å². The summed E-state index contributed by atoms with van der Waals surface area (Å²) in [6.45, 7) is 3.20. The predicted molar refractivity (Wildman–Crippen MR) is 104 cm³/mol. The van der Waals surface area contributed by atoms with Crippen molar-refractivity contribution in [3.8, 4) is 0 Å².